The van der Waals surface area contributed by atoms with E-state index in [4.69, 9.17) is 42.8 Å². The maximum absolute atomic E-state index is 5.98. The van der Waals surface area contributed by atoms with Gasteiger partial charge in [0.15, 0.2) is 13.5 Å². The van der Waals surface area contributed by atoms with Gasteiger partial charge in [-0.05, 0) is 49.2 Å². The zero-order valence-electron chi connectivity index (χ0n) is 16.2. The SMILES string of the molecule is Clc1cccc(NCOOC2(OOCNc3cccc(Cl)c3)CCCCCC2)c1. The van der Waals surface area contributed by atoms with Crippen LogP contribution in [-0.2, 0) is 19.6 Å². The third-order valence-corrected chi connectivity index (χ3v) is 5.08. The molecule has 1 aliphatic rings. The lowest BCUT2D eigenvalue weighted by molar-refractivity contribution is -0.511. The van der Waals surface area contributed by atoms with Gasteiger partial charge >= 0.3 is 0 Å². The molecule has 0 saturated heterocycles. The number of anilines is 2. The first-order valence-corrected chi connectivity index (χ1v) is 10.5. The molecule has 0 amide bonds. The Morgan fingerprint density at radius 2 is 1.21 bits per heavy atom. The van der Waals surface area contributed by atoms with Crippen LogP contribution in [0, 0.1) is 0 Å². The van der Waals surface area contributed by atoms with Crippen LogP contribution in [0.15, 0.2) is 48.5 Å². The summed E-state index contributed by atoms with van der Waals surface area (Å²) in [4.78, 5) is 22.2. The summed E-state index contributed by atoms with van der Waals surface area (Å²) in [6.45, 7) is 0.318. The van der Waals surface area contributed by atoms with Gasteiger partial charge in [0.25, 0.3) is 0 Å². The van der Waals surface area contributed by atoms with Gasteiger partial charge in [-0.2, -0.15) is 9.78 Å². The number of hydrogen-bond acceptors (Lipinski definition) is 6. The van der Waals surface area contributed by atoms with E-state index in [1.54, 1.807) is 0 Å². The second kappa shape index (κ2) is 11.6. The molecule has 0 radical (unpaired) electrons. The Kier molecular flexibility index (Phi) is 8.86. The minimum absolute atomic E-state index is 0.159. The van der Waals surface area contributed by atoms with Gasteiger partial charge in [0, 0.05) is 34.3 Å². The first-order valence-electron chi connectivity index (χ1n) is 9.75. The van der Waals surface area contributed by atoms with Gasteiger partial charge in [-0.25, -0.2) is 9.78 Å². The van der Waals surface area contributed by atoms with E-state index >= 15 is 0 Å². The molecule has 3 rings (SSSR count). The molecule has 1 saturated carbocycles. The van der Waals surface area contributed by atoms with Crippen molar-refractivity contribution < 1.29 is 19.6 Å². The van der Waals surface area contributed by atoms with E-state index in [0.29, 0.717) is 22.9 Å². The fraction of sp³-hybridized carbons (Fsp3) is 0.429. The molecule has 0 heterocycles. The van der Waals surface area contributed by atoms with Gasteiger partial charge in [-0.15, -0.1) is 0 Å². The van der Waals surface area contributed by atoms with E-state index in [2.05, 4.69) is 10.6 Å². The third-order valence-electron chi connectivity index (χ3n) is 4.61. The van der Waals surface area contributed by atoms with Gasteiger partial charge in [-0.1, -0.05) is 48.2 Å². The molecule has 1 fully saturated rings. The molecule has 2 aromatic carbocycles. The molecule has 8 heteroatoms. The van der Waals surface area contributed by atoms with Crippen LogP contribution in [0.1, 0.15) is 38.5 Å². The van der Waals surface area contributed by atoms with Crippen molar-refractivity contribution in [3.63, 3.8) is 0 Å². The Hall–Kier alpha value is -1.54. The van der Waals surface area contributed by atoms with Crippen LogP contribution < -0.4 is 10.6 Å². The molecule has 0 spiro atoms. The van der Waals surface area contributed by atoms with Crippen molar-refractivity contribution in [1.82, 2.24) is 0 Å². The molecule has 29 heavy (non-hydrogen) atoms. The lowest BCUT2D eigenvalue weighted by Crippen LogP contribution is -2.37. The number of hydrogen-bond donors (Lipinski definition) is 2. The number of halogens is 2. The van der Waals surface area contributed by atoms with Crippen molar-refractivity contribution >= 4 is 34.6 Å². The Morgan fingerprint density at radius 3 is 1.66 bits per heavy atom. The van der Waals surface area contributed by atoms with Crippen molar-refractivity contribution in [2.75, 3.05) is 24.1 Å². The molecule has 0 aromatic heterocycles. The minimum Gasteiger partial charge on any atom is -0.360 e. The highest BCUT2D eigenvalue weighted by Crippen LogP contribution is 2.32. The smallest absolute Gasteiger partial charge is 0.234 e. The fourth-order valence-corrected chi connectivity index (χ4v) is 3.52. The molecule has 0 bridgehead atoms. The van der Waals surface area contributed by atoms with Gasteiger partial charge in [0.05, 0.1) is 0 Å². The van der Waals surface area contributed by atoms with Gasteiger partial charge in [0.1, 0.15) is 0 Å². The third kappa shape index (κ3) is 7.66. The summed E-state index contributed by atoms with van der Waals surface area (Å²) in [6, 6.07) is 14.8. The molecule has 0 aliphatic heterocycles. The van der Waals surface area contributed by atoms with Gasteiger partial charge in [0.2, 0.25) is 5.79 Å². The van der Waals surface area contributed by atoms with Crippen LogP contribution in [0.3, 0.4) is 0 Å². The van der Waals surface area contributed by atoms with Crippen molar-refractivity contribution in [3.8, 4) is 0 Å². The van der Waals surface area contributed by atoms with Crippen LogP contribution in [0.4, 0.5) is 11.4 Å². The summed E-state index contributed by atoms with van der Waals surface area (Å²) in [6.07, 6.45) is 5.63. The predicted octanol–water partition coefficient (Wildman–Crippen LogP) is 6.38. The molecule has 158 valence electrons. The summed E-state index contributed by atoms with van der Waals surface area (Å²) in [5.74, 6) is -0.928. The number of nitrogens with one attached hydrogen (secondary N) is 2. The average Bonchev–Trinajstić information content (AvgIpc) is 2.95. The Bertz CT molecular complexity index is 699. The van der Waals surface area contributed by atoms with Crippen molar-refractivity contribution in [2.45, 2.75) is 44.3 Å². The van der Waals surface area contributed by atoms with E-state index < -0.39 is 5.79 Å². The summed E-state index contributed by atoms with van der Waals surface area (Å²) in [5.41, 5.74) is 1.69. The van der Waals surface area contributed by atoms with E-state index in [1.807, 2.05) is 48.5 Å². The van der Waals surface area contributed by atoms with Crippen LogP contribution >= 0.6 is 23.2 Å². The van der Waals surface area contributed by atoms with Gasteiger partial charge in [-0.3, -0.25) is 0 Å². The number of rotatable bonds is 10. The maximum atomic E-state index is 5.98. The fourth-order valence-electron chi connectivity index (χ4n) is 3.14. The zero-order valence-corrected chi connectivity index (χ0v) is 17.7. The summed E-state index contributed by atoms with van der Waals surface area (Å²) < 4.78 is 0. The summed E-state index contributed by atoms with van der Waals surface area (Å²) >= 11 is 12.0. The van der Waals surface area contributed by atoms with Crippen molar-refractivity contribution in [3.05, 3.63) is 58.6 Å². The quantitative estimate of drug-likeness (QED) is 0.147. The Balaban J connectivity index is 1.46. The second-order valence-electron chi connectivity index (χ2n) is 6.89. The monoisotopic (exact) mass is 440 g/mol. The lowest BCUT2D eigenvalue weighted by Gasteiger charge is -2.29. The summed E-state index contributed by atoms with van der Waals surface area (Å²) in [5, 5.41) is 7.50. The van der Waals surface area contributed by atoms with Crippen LogP contribution in [0.5, 0.6) is 0 Å². The van der Waals surface area contributed by atoms with E-state index in [-0.39, 0.29) is 13.5 Å². The number of benzene rings is 2. The minimum atomic E-state index is -0.928. The standard InChI is InChI=1S/C21H26Cl2N2O4/c22-17-7-5-9-19(13-17)24-15-26-28-21(11-3-1-2-4-12-21)29-27-16-25-20-10-6-8-18(23)14-20/h5-10,13-14,24-25H,1-4,11-12,15-16H2. The van der Waals surface area contributed by atoms with Crippen molar-refractivity contribution in [2.24, 2.45) is 0 Å². The average molecular weight is 441 g/mol. The first kappa shape index (κ1) is 22.2. The molecular formula is C21H26Cl2N2O4. The van der Waals surface area contributed by atoms with Crippen LogP contribution in [0.25, 0.3) is 0 Å². The predicted molar refractivity (Wildman–Crippen MR) is 115 cm³/mol. The van der Waals surface area contributed by atoms with Gasteiger partial charge < -0.3 is 10.6 Å². The van der Waals surface area contributed by atoms with E-state index in [0.717, 1.165) is 37.1 Å². The highest BCUT2D eigenvalue weighted by Gasteiger charge is 2.36. The molecular weight excluding hydrogens is 415 g/mol. The first-order chi connectivity index (χ1) is 14.2. The molecule has 0 unspecified atom stereocenters. The Morgan fingerprint density at radius 1 is 0.724 bits per heavy atom. The second-order valence-corrected chi connectivity index (χ2v) is 7.76. The maximum Gasteiger partial charge on any atom is 0.234 e. The van der Waals surface area contributed by atoms with E-state index in [9.17, 15) is 0 Å². The molecule has 0 atom stereocenters. The highest BCUT2D eigenvalue weighted by atomic mass is 35.5. The van der Waals surface area contributed by atoms with Crippen LogP contribution in [0.2, 0.25) is 10.0 Å². The lowest BCUT2D eigenvalue weighted by atomic mass is 10.1. The zero-order chi connectivity index (χ0) is 20.4. The molecule has 2 N–H and O–H groups in total. The van der Waals surface area contributed by atoms with Crippen molar-refractivity contribution in [1.29, 1.82) is 0 Å². The topological polar surface area (TPSA) is 61.0 Å². The molecule has 2 aromatic rings. The molecule has 6 nitrogen and oxygen atoms in total. The summed E-state index contributed by atoms with van der Waals surface area (Å²) in [7, 11) is 0. The van der Waals surface area contributed by atoms with E-state index in [1.165, 1.54) is 0 Å². The Labute approximate surface area is 181 Å². The largest absolute Gasteiger partial charge is 0.360 e. The van der Waals surface area contributed by atoms with Crippen LogP contribution in [-0.4, -0.2) is 19.2 Å². The molecule has 1 aliphatic carbocycles. The normalized spacial score (nSPS) is 16.2. The highest BCUT2D eigenvalue weighted by molar-refractivity contribution is 6.31.